The van der Waals surface area contributed by atoms with Gasteiger partial charge in [0.25, 0.3) is 5.91 Å². The standard InChI is InChI=1S/C24H25N3O/c28-24(21-12-6-18(7-13-21)17-4-2-1-3-5-17)25-14-15-27-23(20-10-11-20)16-22(26-27)19-8-9-19/h1-7,12-13,16,19-20H,8-11,14-15H2,(H,25,28). The predicted octanol–water partition coefficient (Wildman–Crippen LogP) is 4.73. The van der Waals surface area contributed by atoms with E-state index in [-0.39, 0.29) is 5.91 Å². The molecule has 142 valence electrons. The summed E-state index contributed by atoms with van der Waals surface area (Å²) in [6.45, 7) is 1.34. The molecule has 0 atom stereocenters. The Hall–Kier alpha value is -2.88. The molecule has 0 saturated heterocycles. The third-order valence-corrected chi connectivity index (χ3v) is 5.68. The van der Waals surface area contributed by atoms with Crippen LogP contribution in [0.3, 0.4) is 0 Å². The Kier molecular flexibility index (Phi) is 4.47. The van der Waals surface area contributed by atoms with Gasteiger partial charge in [0.1, 0.15) is 0 Å². The summed E-state index contributed by atoms with van der Waals surface area (Å²) in [6, 6.07) is 20.3. The summed E-state index contributed by atoms with van der Waals surface area (Å²) in [6.07, 6.45) is 5.10. The molecular formula is C24H25N3O. The van der Waals surface area contributed by atoms with E-state index in [1.165, 1.54) is 37.1 Å². The summed E-state index contributed by atoms with van der Waals surface area (Å²) in [5.41, 5.74) is 5.59. The molecule has 2 aromatic carbocycles. The number of carbonyl (C=O) groups is 1. The molecule has 28 heavy (non-hydrogen) atoms. The lowest BCUT2D eigenvalue weighted by atomic mass is 10.0. The van der Waals surface area contributed by atoms with E-state index in [0.29, 0.717) is 23.9 Å². The minimum atomic E-state index is -0.0258. The van der Waals surface area contributed by atoms with Crippen molar-refractivity contribution in [2.75, 3.05) is 6.54 Å². The maximum absolute atomic E-state index is 12.5. The van der Waals surface area contributed by atoms with Gasteiger partial charge in [-0.15, -0.1) is 0 Å². The van der Waals surface area contributed by atoms with Gasteiger partial charge in [-0.1, -0.05) is 42.5 Å². The van der Waals surface area contributed by atoms with E-state index in [9.17, 15) is 4.79 Å². The van der Waals surface area contributed by atoms with Crippen molar-refractivity contribution in [2.45, 2.75) is 44.1 Å². The summed E-state index contributed by atoms with van der Waals surface area (Å²) in [5, 5.41) is 7.86. The van der Waals surface area contributed by atoms with Crippen molar-refractivity contribution in [3.63, 3.8) is 0 Å². The lowest BCUT2D eigenvalue weighted by Crippen LogP contribution is -2.27. The number of nitrogens with zero attached hydrogens (tertiary/aromatic N) is 2. The molecule has 4 heteroatoms. The van der Waals surface area contributed by atoms with Crippen molar-refractivity contribution in [1.29, 1.82) is 0 Å². The maximum atomic E-state index is 12.5. The van der Waals surface area contributed by atoms with Crippen LogP contribution in [0.4, 0.5) is 0 Å². The largest absolute Gasteiger partial charge is 0.350 e. The molecule has 1 heterocycles. The molecule has 0 aliphatic heterocycles. The molecule has 4 nitrogen and oxygen atoms in total. The van der Waals surface area contributed by atoms with Gasteiger partial charge >= 0.3 is 0 Å². The molecule has 2 fully saturated rings. The molecule has 2 saturated carbocycles. The van der Waals surface area contributed by atoms with Crippen LogP contribution in [0, 0.1) is 0 Å². The number of hydrogen-bond acceptors (Lipinski definition) is 2. The van der Waals surface area contributed by atoms with Crippen LogP contribution in [0.2, 0.25) is 0 Å². The molecule has 5 rings (SSSR count). The van der Waals surface area contributed by atoms with Gasteiger partial charge in [-0.3, -0.25) is 9.48 Å². The summed E-state index contributed by atoms with van der Waals surface area (Å²) < 4.78 is 2.13. The zero-order chi connectivity index (χ0) is 18.9. The molecular weight excluding hydrogens is 346 g/mol. The van der Waals surface area contributed by atoms with Crippen molar-refractivity contribution in [3.05, 3.63) is 77.6 Å². The van der Waals surface area contributed by atoms with Crippen LogP contribution in [-0.2, 0) is 6.54 Å². The Morgan fingerprint density at radius 3 is 2.29 bits per heavy atom. The highest BCUT2D eigenvalue weighted by molar-refractivity contribution is 5.94. The highest BCUT2D eigenvalue weighted by atomic mass is 16.1. The van der Waals surface area contributed by atoms with Gasteiger partial charge in [-0.05, 0) is 55.0 Å². The molecule has 2 aliphatic rings. The molecule has 1 aromatic heterocycles. The fraction of sp³-hybridized carbons (Fsp3) is 0.333. The highest BCUT2D eigenvalue weighted by Crippen LogP contribution is 2.44. The van der Waals surface area contributed by atoms with Crippen molar-refractivity contribution >= 4 is 5.91 Å². The number of nitrogens with one attached hydrogen (secondary N) is 1. The van der Waals surface area contributed by atoms with Crippen LogP contribution >= 0.6 is 0 Å². The summed E-state index contributed by atoms with van der Waals surface area (Å²) in [4.78, 5) is 12.5. The molecule has 0 spiro atoms. The second-order valence-corrected chi connectivity index (χ2v) is 7.97. The van der Waals surface area contributed by atoms with Crippen molar-refractivity contribution in [3.8, 4) is 11.1 Å². The van der Waals surface area contributed by atoms with Crippen LogP contribution in [0.15, 0.2) is 60.7 Å². The van der Waals surface area contributed by atoms with Crippen LogP contribution in [0.1, 0.15) is 59.3 Å². The zero-order valence-corrected chi connectivity index (χ0v) is 16.0. The van der Waals surface area contributed by atoms with Crippen molar-refractivity contribution < 1.29 is 4.79 Å². The number of hydrogen-bond donors (Lipinski definition) is 1. The van der Waals surface area contributed by atoms with E-state index in [0.717, 1.165) is 17.7 Å². The Morgan fingerprint density at radius 2 is 1.61 bits per heavy atom. The Balaban J connectivity index is 1.20. The van der Waals surface area contributed by atoms with Crippen molar-refractivity contribution in [2.24, 2.45) is 0 Å². The average Bonchev–Trinajstić information content (AvgIpc) is 3.67. The second-order valence-electron chi connectivity index (χ2n) is 7.97. The first-order valence-electron chi connectivity index (χ1n) is 10.3. The number of aromatic nitrogens is 2. The van der Waals surface area contributed by atoms with Gasteiger partial charge in [0.2, 0.25) is 0 Å². The van der Waals surface area contributed by atoms with Crippen molar-refractivity contribution in [1.82, 2.24) is 15.1 Å². The van der Waals surface area contributed by atoms with Gasteiger partial charge in [0, 0.05) is 29.6 Å². The summed E-state index contributed by atoms with van der Waals surface area (Å²) in [5.74, 6) is 1.33. The van der Waals surface area contributed by atoms with E-state index in [2.05, 4.69) is 28.2 Å². The summed E-state index contributed by atoms with van der Waals surface area (Å²) in [7, 11) is 0. The molecule has 0 unspecified atom stereocenters. The minimum Gasteiger partial charge on any atom is -0.350 e. The van der Waals surface area contributed by atoms with E-state index in [1.807, 2.05) is 42.5 Å². The van der Waals surface area contributed by atoms with E-state index in [4.69, 9.17) is 5.10 Å². The quantitative estimate of drug-likeness (QED) is 0.652. The monoisotopic (exact) mass is 371 g/mol. The lowest BCUT2D eigenvalue weighted by Gasteiger charge is -2.09. The number of benzene rings is 2. The van der Waals surface area contributed by atoms with E-state index < -0.39 is 0 Å². The predicted molar refractivity (Wildman–Crippen MR) is 110 cm³/mol. The molecule has 1 N–H and O–H groups in total. The Morgan fingerprint density at radius 1 is 0.929 bits per heavy atom. The van der Waals surface area contributed by atoms with Gasteiger partial charge in [0.15, 0.2) is 0 Å². The molecule has 0 radical (unpaired) electrons. The minimum absolute atomic E-state index is 0.0258. The smallest absolute Gasteiger partial charge is 0.251 e. The van der Waals surface area contributed by atoms with Crippen LogP contribution in [-0.4, -0.2) is 22.2 Å². The lowest BCUT2D eigenvalue weighted by molar-refractivity contribution is 0.0952. The van der Waals surface area contributed by atoms with Crippen LogP contribution < -0.4 is 5.32 Å². The molecule has 3 aromatic rings. The molecule has 0 bridgehead atoms. The third kappa shape index (κ3) is 3.72. The SMILES string of the molecule is O=C(NCCn1nc(C2CC2)cc1C1CC1)c1ccc(-c2ccccc2)cc1. The first-order chi connectivity index (χ1) is 13.8. The van der Waals surface area contributed by atoms with Gasteiger partial charge in [0.05, 0.1) is 12.2 Å². The van der Waals surface area contributed by atoms with Gasteiger partial charge in [-0.25, -0.2) is 0 Å². The van der Waals surface area contributed by atoms with E-state index >= 15 is 0 Å². The fourth-order valence-corrected chi connectivity index (χ4v) is 3.74. The maximum Gasteiger partial charge on any atom is 0.251 e. The molecule has 2 aliphatic carbocycles. The first kappa shape index (κ1) is 17.2. The fourth-order valence-electron chi connectivity index (χ4n) is 3.74. The van der Waals surface area contributed by atoms with Gasteiger partial charge in [-0.2, -0.15) is 5.10 Å². The number of rotatable bonds is 7. The molecule has 1 amide bonds. The second kappa shape index (κ2) is 7.27. The highest BCUT2D eigenvalue weighted by Gasteiger charge is 2.32. The van der Waals surface area contributed by atoms with Crippen LogP contribution in [0.25, 0.3) is 11.1 Å². The Bertz CT molecular complexity index is 967. The third-order valence-electron chi connectivity index (χ3n) is 5.68. The zero-order valence-electron chi connectivity index (χ0n) is 16.0. The average molecular weight is 371 g/mol. The van der Waals surface area contributed by atoms with E-state index in [1.54, 1.807) is 0 Å². The number of carbonyl (C=O) groups excluding carboxylic acids is 1. The summed E-state index contributed by atoms with van der Waals surface area (Å²) >= 11 is 0. The number of amides is 1. The van der Waals surface area contributed by atoms with Gasteiger partial charge < -0.3 is 5.32 Å². The van der Waals surface area contributed by atoms with Crippen LogP contribution in [0.5, 0.6) is 0 Å². The normalized spacial score (nSPS) is 16.1. The first-order valence-corrected chi connectivity index (χ1v) is 10.3. The topological polar surface area (TPSA) is 46.9 Å². The Labute approximate surface area is 165 Å².